The Labute approximate surface area is 120 Å². The van der Waals surface area contributed by atoms with Gasteiger partial charge in [0.1, 0.15) is 8.07 Å². The molecule has 0 rings (SSSR count). The third-order valence-electron chi connectivity index (χ3n) is 3.53. The van der Waals surface area contributed by atoms with Gasteiger partial charge in [0.05, 0.1) is 19.7 Å². The SMILES string of the molecule is CC[Si](CC)(CC)/C(C#C[Si](C)(C)C)=C(/Cl)CO. The molecule has 18 heavy (non-hydrogen) atoms. The predicted molar refractivity (Wildman–Crippen MR) is 88.3 cm³/mol. The Balaban J connectivity index is 5.71. The topological polar surface area (TPSA) is 20.2 Å². The van der Waals surface area contributed by atoms with Gasteiger partial charge >= 0.3 is 0 Å². The second-order valence-corrected chi connectivity index (χ2v) is 16.2. The lowest BCUT2D eigenvalue weighted by atomic mass is 10.5. The van der Waals surface area contributed by atoms with Crippen molar-refractivity contribution >= 4 is 27.7 Å². The van der Waals surface area contributed by atoms with Crippen molar-refractivity contribution in [3.05, 3.63) is 10.2 Å². The highest BCUT2D eigenvalue weighted by molar-refractivity contribution is 6.89. The summed E-state index contributed by atoms with van der Waals surface area (Å²) in [5.41, 5.74) is 3.42. The molecule has 0 heterocycles. The summed E-state index contributed by atoms with van der Waals surface area (Å²) in [6.07, 6.45) is 0. The fraction of sp³-hybridized carbons (Fsp3) is 0.714. The molecule has 1 N–H and O–H groups in total. The highest BCUT2D eigenvalue weighted by Crippen LogP contribution is 2.31. The van der Waals surface area contributed by atoms with Crippen LogP contribution in [0.5, 0.6) is 0 Å². The van der Waals surface area contributed by atoms with Crippen molar-refractivity contribution in [2.75, 3.05) is 6.61 Å². The van der Waals surface area contributed by atoms with Crippen LogP contribution in [0.3, 0.4) is 0 Å². The average Bonchev–Trinajstić information content (AvgIpc) is 2.33. The highest BCUT2D eigenvalue weighted by Gasteiger charge is 2.32. The Bertz CT molecular complexity index is 346. The van der Waals surface area contributed by atoms with E-state index in [0.717, 1.165) is 23.3 Å². The van der Waals surface area contributed by atoms with E-state index < -0.39 is 16.1 Å². The molecular weight excluding hydrogens is 276 g/mol. The Morgan fingerprint density at radius 2 is 1.50 bits per heavy atom. The standard InChI is InChI=1S/C14H27ClOSi2/c1-7-18(8-2,9-3)14(13(15)12-16)10-11-17(4,5)6/h16H,7-9,12H2,1-6H3/b14-13+. The van der Waals surface area contributed by atoms with Crippen molar-refractivity contribution < 1.29 is 5.11 Å². The summed E-state index contributed by atoms with van der Waals surface area (Å²) in [5.74, 6) is 3.37. The Hall–Kier alpha value is -0.0162. The van der Waals surface area contributed by atoms with Crippen molar-refractivity contribution in [3.8, 4) is 11.5 Å². The Kier molecular flexibility index (Phi) is 7.54. The molecule has 1 nitrogen and oxygen atoms in total. The fourth-order valence-electron chi connectivity index (χ4n) is 2.10. The second-order valence-electron chi connectivity index (χ2n) is 5.78. The average molecular weight is 303 g/mol. The molecule has 0 aromatic carbocycles. The molecule has 104 valence electrons. The molecule has 0 saturated carbocycles. The van der Waals surface area contributed by atoms with E-state index in [4.69, 9.17) is 11.6 Å². The second kappa shape index (κ2) is 7.54. The van der Waals surface area contributed by atoms with Gasteiger partial charge in [0.2, 0.25) is 0 Å². The quantitative estimate of drug-likeness (QED) is 0.589. The zero-order valence-corrected chi connectivity index (χ0v) is 15.4. The number of hydrogen-bond acceptors (Lipinski definition) is 1. The number of hydrogen-bond donors (Lipinski definition) is 1. The van der Waals surface area contributed by atoms with Crippen molar-refractivity contribution in [2.24, 2.45) is 0 Å². The van der Waals surface area contributed by atoms with Crippen LogP contribution < -0.4 is 0 Å². The van der Waals surface area contributed by atoms with Crippen LogP contribution in [0.25, 0.3) is 0 Å². The first-order chi connectivity index (χ1) is 8.26. The van der Waals surface area contributed by atoms with Gasteiger partial charge in [-0.15, -0.1) is 5.54 Å². The molecule has 0 aliphatic heterocycles. The summed E-state index contributed by atoms with van der Waals surface area (Å²) in [5, 5.41) is 11.0. The van der Waals surface area contributed by atoms with E-state index in [1.165, 1.54) is 0 Å². The summed E-state index contributed by atoms with van der Waals surface area (Å²) in [7, 11) is -3.00. The maximum atomic E-state index is 9.36. The first-order valence-corrected chi connectivity index (χ1v) is 13.3. The van der Waals surface area contributed by atoms with Gasteiger partial charge in [-0.05, 0) is 0 Å². The van der Waals surface area contributed by atoms with Crippen LogP contribution in [0.15, 0.2) is 10.2 Å². The first kappa shape index (κ1) is 18.0. The molecule has 0 spiro atoms. The van der Waals surface area contributed by atoms with Crippen LogP contribution in [-0.4, -0.2) is 27.9 Å². The van der Waals surface area contributed by atoms with Gasteiger partial charge in [0, 0.05) is 5.20 Å². The van der Waals surface area contributed by atoms with E-state index in [1.807, 2.05) is 0 Å². The molecule has 0 fully saturated rings. The fourth-order valence-corrected chi connectivity index (χ4v) is 6.91. The maximum absolute atomic E-state index is 9.36. The molecule has 0 radical (unpaired) electrons. The summed E-state index contributed by atoms with van der Waals surface area (Å²) in [6, 6.07) is 3.43. The van der Waals surface area contributed by atoms with Crippen molar-refractivity contribution in [2.45, 2.75) is 58.5 Å². The Morgan fingerprint density at radius 1 is 1.06 bits per heavy atom. The predicted octanol–water partition coefficient (Wildman–Crippen LogP) is 4.40. The number of halogens is 1. The zero-order chi connectivity index (χ0) is 14.4. The lowest BCUT2D eigenvalue weighted by Gasteiger charge is -2.29. The van der Waals surface area contributed by atoms with Crippen LogP contribution in [0, 0.1) is 11.5 Å². The summed E-state index contributed by atoms with van der Waals surface area (Å²) in [6.45, 7) is 13.3. The molecular formula is C14H27ClOSi2. The van der Waals surface area contributed by atoms with Gasteiger partial charge in [-0.25, -0.2) is 0 Å². The van der Waals surface area contributed by atoms with Crippen molar-refractivity contribution in [3.63, 3.8) is 0 Å². The van der Waals surface area contributed by atoms with Crippen LogP contribution in [0.1, 0.15) is 20.8 Å². The molecule has 0 saturated heterocycles. The molecule has 4 heteroatoms. The molecule has 0 bridgehead atoms. The van der Waals surface area contributed by atoms with Gasteiger partial charge < -0.3 is 5.11 Å². The van der Waals surface area contributed by atoms with Crippen molar-refractivity contribution in [1.29, 1.82) is 0 Å². The van der Waals surface area contributed by atoms with Crippen LogP contribution in [0.4, 0.5) is 0 Å². The minimum atomic E-state index is -1.59. The molecule has 0 aromatic rings. The maximum Gasteiger partial charge on any atom is 0.129 e. The van der Waals surface area contributed by atoms with E-state index >= 15 is 0 Å². The van der Waals surface area contributed by atoms with E-state index in [9.17, 15) is 5.11 Å². The van der Waals surface area contributed by atoms with Crippen LogP contribution in [-0.2, 0) is 0 Å². The third-order valence-corrected chi connectivity index (χ3v) is 10.4. The minimum Gasteiger partial charge on any atom is -0.391 e. The van der Waals surface area contributed by atoms with Crippen LogP contribution >= 0.6 is 11.6 Å². The van der Waals surface area contributed by atoms with Gasteiger partial charge in [0.25, 0.3) is 0 Å². The largest absolute Gasteiger partial charge is 0.391 e. The number of rotatable bonds is 5. The number of aliphatic hydroxyl groups excluding tert-OH is 1. The number of aliphatic hydroxyl groups is 1. The van der Waals surface area contributed by atoms with E-state index in [2.05, 4.69) is 51.9 Å². The van der Waals surface area contributed by atoms with Gasteiger partial charge in [-0.3, -0.25) is 0 Å². The first-order valence-electron chi connectivity index (χ1n) is 6.79. The summed E-state index contributed by atoms with van der Waals surface area (Å²) >= 11 is 6.26. The van der Waals surface area contributed by atoms with Gasteiger partial charge in [-0.2, -0.15) is 0 Å². The van der Waals surface area contributed by atoms with Crippen molar-refractivity contribution in [1.82, 2.24) is 0 Å². The molecule has 0 aliphatic rings. The van der Waals surface area contributed by atoms with Crippen LogP contribution in [0.2, 0.25) is 37.8 Å². The zero-order valence-electron chi connectivity index (χ0n) is 12.7. The smallest absolute Gasteiger partial charge is 0.129 e. The molecule has 0 aromatic heterocycles. The third kappa shape index (κ3) is 4.93. The van der Waals surface area contributed by atoms with E-state index in [0.29, 0.717) is 5.03 Å². The summed E-state index contributed by atoms with van der Waals surface area (Å²) in [4.78, 5) is 0. The van der Waals surface area contributed by atoms with Gasteiger partial charge in [0.15, 0.2) is 0 Å². The van der Waals surface area contributed by atoms with E-state index in [-0.39, 0.29) is 6.61 Å². The Morgan fingerprint density at radius 3 is 1.78 bits per heavy atom. The van der Waals surface area contributed by atoms with E-state index in [1.54, 1.807) is 0 Å². The lowest BCUT2D eigenvalue weighted by Crippen LogP contribution is -2.35. The molecule has 0 atom stereocenters. The van der Waals surface area contributed by atoms with Gasteiger partial charge in [-0.1, -0.05) is 76.1 Å². The monoisotopic (exact) mass is 302 g/mol. The normalized spacial score (nSPS) is 13.8. The molecule has 0 amide bonds. The minimum absolute atomic E-state index is 0.0774. The molecule has 0 aliphatic carbocycles. The lowest BCUT2D eigenvalue weighted by molar-refractivity contribution is 0.338. The molecule has 0 unspecified atom stereocenters. The highest BCUT2D eigenvalue weighted by atomic mass is 35.5. The number of allylic oxidation sites excluding steroid dienone is 1. The summed E-state index contributed by atoms with van der Waals surface area (Å²) < 4.78 is 0.